The first kappa shape index (κ1) is 13.4. The molecule has 17 heavy (non-hydrogen) atoms. The minimum absolute atomic E-state index is 0.0559. The number of unbranched alkanes of at least 4 members (excludes halogenated alkanes) is 1. The summed E-state index contributed by atoms with van der Waals surface area (Å²) in [5.41, 5.74) is 0.119. The molecule has 0 fully saturated rings. The summed E-state index contributed by atoms with van der Waals surface area (Å²) < 4.78 is 1.35. The monoisotopic (exact) mass is 237 g/mol. The molecule has 0 saturated heterocycles. The molecule has 1 rings (SSSR count). The Labute approximate surface area is 101 Å². The number of hydrogen-bond acceptors (Lipinski definition) is 3. The van der Waals surface area contributed by atoms with Gasteiger partial charge in [-0.1, -0.05) is 13.3 Å². The summed E-state index contributed by atoms with van der Waals surface area (Å²) in [5.74, 6) is -0.245. The fourth-order valence-electron chi connectivity index (χ4n) is 1.37. The summed E-state index contributed by atoms with van der Waals surface area (Å²) in [6.07, 6.45) is 1.86. The second-order valence-corrected chi connectivity index (χ2v) is 4.26. The van der Waals surface area contributed by atoms with Gasteiger partial charge in [-0.15, -0.1) is 0 Å². The second-order valence-electron chi connectivity index (χ2n) is 4.26. The minimum atomic E-state index is -0.245. The highest BCUT2D eigenvalue weighted by atomic mass is 16.2. The molecule has 0 aliphatic rings. The number of carbonyl (C=O) groups excluding carboxylic acids is 1. The van der Waals surface area contributed by atoms with Gasteiger partial charge in [-0.05, 0) is 26.3 Å². The average molecular weight is 237 g/mol. The highest BCUT2D eigenvalue weighted by Gasteiger charge is 2.10. The van der Waals surface area contributed by atoms with Crippen LogP contribution in [0.25, 0.3) is 0 Å². The van der Waals surface area contributed by atoms with Crippen LogP contribution in [-0.4, -0.2) is 21.7 Å². The number of nitrogens with one attached hydrogen (secondary N) is 1. The van der Waals surface area contributed by atoms with Crippen LogP contribution in [0.15, 0.2) is 16.9 Å². The second kappa shape index (κ2) is 6.18. The maximum Gasteiger partial charge on any atom is 0.271 e. The number of aromatic nitrogens is 2. The SMILES string of the molecule is CCCCn1nc(C(=O)NC(C)C)ccc1=O. The van der Waals surface area contributed by atoms with Crippen LogP contribution in [0.4, 0.5) is 0 Å². The maximum absolute atomic E-state index is 11.7. The zero-order valence-corrected chi connectivity index (χ0v) is 10.6. The molecule has 0 radical (unpaired) electrons. The van der Waals surface area contributed by atoms with Gasteiger partial charge in [-0.3, -0.25) is 9.59 Å². The molecule has 1 aromatic rings. The van der Waals surface area contributed by atoms with E-state index in [1.165, 1.54) is 16.8 Å². The fraction of sp³-hybridized carbons (Fsp3) is 0.583. The zero-order valence-electron chi connectivity index (χ0n) is 10.6. The van der Waals surface area contributed by atoms with Crippen molar-refractivity contribution in [3.63, 3.8) is 0 Å². The number of nitrogens with zero attached hydrogens (tertiary/aromatic N) is 2. The Morgan fingerprint density at radius 2 is 2.18 bits per heavy atom. The lowest BCUT2D eigenvalue weighted by Crippen LogP contribution is -2.33. The van der Waals surface area contributed by atoms with Crippen molar-refractivity contribution in [2.45, 2.75) is 46.2 Å². The molecule has 1 heterocycles. The molecule has 1 amide bonds. The number of carbonyl (C=O) groups is 1. The predicted octanol–water partition coefficient (Wildman–Crippen LogP) is 1.18. The Morgan fingerprint density at radius 1 is 1.47 bits per heavy atom. The third-order valence-corrected chi connectivity index (χ3v) is 2.24. The van der Waals surface area contributed by atoms with E-state index in [1.54, 1.807) is 0 Å². The van der Waals surface area contributed by atoms with Gasteiger partial charge in [-0.25, -0.2) is 4.68 Å². The van der Waals surface area contributed by atoms with E-state index in [4.69, 9.17) is 0 Å². The van der Waals surface area contributed by atoms with Crippen molar-refractivity contribution in [3.8, 4) is 0 Å². The van der Waals surface area contributed by atoms with Gasteiger partial charge in [0.05, 0.1) is 0 Å². The summed E-state index contributed by atoms with van der Waals surface area (Å²) in [6, 6.07) is 2.90. The van der Waals surface area contributed by atoms with Gasteiger partial charge in [0.15, 0.2) is 0 Å². The van der Waals surface area contributed by atoms with E-state index in [9.17, 15) is 9.59 Å². The molecular formula is C12H19N3O2. The largest absolute Gasteiger partial charge is 0.348 e. The normalized spacial score (nSPS) is 10.6. The molecule has 94 valence electrons. The van der Waals surface area contributed by atoms with Crippen molar-refractivity contribution in [1.82, 2.24) is 15.1 Å². The first-order valence-corrected chi connectivity index (χ1v) is 5.93. The smallest absolute Gasteiger partial charge is 0.271 e. The molecule has 1 N–H and O–H groups in total. The van der Waals surface area contributed by atoms with Gasteiger partial charge < -0.3 is 5.32 Å². The summed E-state index contributed by atoms with van der Waals surface area (Å²) in [5, 5.41) is 6.80. The molecule has 0 atom stereocenters. The van der Waals surface area contributed by atoms with E-state index in [1.807, 2.05) is 20.8 Å². The lowest BCUT2D eigenvalue weighted by atomic mass is 10.3. The topological polar surface area (TPSA) is 64.0 Å². The predicted molar refractivity (Wildman–Crippen MR) is 66.0 cm³/mol. The Morgan fingerprint density at radius 3 is 2.76 bits per heavy atom. The van der Waals surface area contributed by atoms with Gasteiger partial charge in [0.2, 0.25) is 0 Å². The van der Waals surface area contributed by atoms with Gasteiger partial charge in [-0.2, -0.15) is 5.10 Å². The zero-order chi connectivity index (χ0) is 12.8. The van der Waals surface area contributed by atoms with Crippen LogP contribution < -0.4 is 10.9 Å². The molecule has 0 spiro atoms. The third-order valence-electron chi connectivity index (χ3n) is 2.24. The van der Waals surface area contributed by atoms with Crippen LogP contribution in [0.5, 0.6) is 0 Å². The van der Waals surface area contributed by atoms with E-state index in [0.717, 1.165) is 12.8 Å². The summed E-state index contributed by atoms with van der Waals surface area (Å²) in [4.78, 5) is 23.2. The average Bonchev–Trinajstić information content (AvgIpc) is 2.27. The first-order valence-electron chi connectivity index (χ1n) is 5.93. The van der Waals surface area contributed by atoms with Gasteiger partial charge in [0.1, 0.15) is 5.69 Å². The standard InChI is InChI=1S/C12H19N3O2/c1-4-5-8-15-11(16)7-6-10(14-15)12(17)13-9(2)3/h6-7,9H,4-5,8H2,1-3H3,(H,13,17). The third kappa shape index (κ3) is 4.01. The molecule has 0 aromatic carbocycles. The van der Waals surface area contributed by atoms with E-state index in [0.29, 0.717) is 6.54 Å². The van der Waals surface area contributed by atoms with Crippen molar-refractivity contribution in [2.75, 3.05) is 0 Å². The van der Waals surface area contributed by atoms with Gasteiger partial charge in [0, 0.05) is 18.7 Å². The highest BCUT2D eigenvalue weighted by Crippen LogP contribution is 1.94. The molecule has 0 aliphatic heterocycles. The minimum Gasteiger partial charge on any atom is -0.348 e. The molecule has 0 unspecified atom stereocenters. The maximum atomic E-state index is 11.7. The number of rotatable bonds is 5. The quantitative estimate of drug-likeness (QED) is 0.836. The Hall–Kier alpha value is -1.65. The molecule has 5 heteroatoms. The van der Waals surface area contributed by atoms with Crippen LogP contribution in [0.2, 0.25) is 0 Å². The number of aryl methyl sites for hydroxylation is 1. The molecule has 0 saturated carbocycles. The lowest BCUT2D eigenvalue weighted by molar-refractivity contribution is 0.0935. The summed E-state index contributed by atoms with van der Waals surface area (Å²) in [7, 11) is 0. The van der Waals surface area contributed by atoms with Crippen molar-refractivity contribution in [2.24, 2.45) is 0 Å². The van der Waals surface area contributed by atoms with E-state index >= 15 is 0 Å². The van der Waals surface area contributed by atoms with Crippen molar-refractivity contribution in [1.29, 1.82) is 0 Å². The van der Waals surface area contributed by atoms with Gasteiger partial charge in [0.25, 0.3) is 11.5 Å². The van der Waals surface area contributed by atoms with Crippen LogP contribution in [-0.2, 0) is 6.54 Å². The Bertz CT molecular complexity index is 438. The van der Waals surface area contributed by atoms with Crippen LogP contribution in [0.1, 0.15) is 44.1 Å². The van der Waals surface area contributed by atoms with Crippen LogP contribution in [0, 0.1) is 0 Å². The fourth-order valence-corrected chi connectivity index (χ4v) is 1.37. The van der Waals surface area contributed by atoms with Crippen molar-refractivity contribution in [3.05, 3.63) is 28.2 Å². The molecular weight excluding hydrogens is 218 g/mol. The van der Waals surface area contributed by atoms with Crippen molar-refractivity contribution < 1.29 is 4.79 Å². The number of amides is 1. The lowest BCUT2D eigenvalue weighted by Gasteiger charge is -2.09. The first-order chi connectivity index (χ1) is 8.04. The van der Waals surface area contributed by atoms with Crippen LogP contribution in [0.3, 0.4) is 0 Å². The molecule has 5 nitrogen and oxygen atoms in total. The molecule has 1 aromatic heterocycles. The highest BCUT2D eigenvalue weighted by molar-refractivity contribution is 5.92. The number of hydrogen-bond donors (Lipinski definition) is 1. The van der Waals surface area contributed by atoms with E-state index in [-0.39, 0.29) is 23.2 Å². The Kier molecular flexibility index (Phi) is 4.87. The van der Waals surface area contributed by atoms with Gasteiger partial charge >= 0.3 is 0 Å². The van der Waals surface area contributed by atoms with E-state index < -0.39 is 0 Å². The molecule has 0 aliphatic carbocycles. The molecule has 0 bridgehead atoms. The summed E-state index contributed by atoms with van der Waals surface area (Å²) in [6.45, 7) is 6.36. The van der Waals surface area contributed by atoms with Crippen molar-refractivity contribution >= 4 is 5.91 Å². The van der Waals surface area contributed by atoms with E-state index in [2.05, 4.69) is 10.4 Å². The summed E-state index contributed by atoms with van der Waals surface area (Å²) >= 11 is 0. The van der Waals surface area contributed by atoms with Crippen LogP contribution >= 0.6 is 0 Å². The Balaban J connectivity index is 2.88.